The third kappa shape index (κ3) is 3.27. The van der Waals surface area contributed by atoms with Gasteiger partial charge in [-0.05, 0) is 36.8 Å². The van der Waals surface area contributed by atoms with Crippen molar-refractivity contribution in [1.29, 1.82) is 0 Å². The van der Waals surface area contributed by atoms with Crippen molar-refractivity contribution in [3.8, 4) is 5.75 Å². The molecular weight excluding hydrogens is 210 g/mol. The number of esters is 1. The molecule has 0 amide bonds. The fourth-order valence-corrected chi connectivity index (χ4v) is 1.05. The zero-order valence-corrected chi connectivity index (χ0v) is 9.14. The van der Waals surface area contributed by atoms with E-state index >= 15 is 0 Å². The maximum absolute atomic E-state index is 10.8. The van der Waals surface area contributed by atoms with E-state index in [2.05, 4.69) is 9.89 Å². The predicted molar refractivity (Wildman–Crippen MR) is 58.0 cm³/mol. The number of benzene rings is 1. The number of nitrogens with zero attached hydrogens (tertiary/aromatic N) is 1. The Balaban J connectivity index is 2.61. The topological polar surface area (TPSA) is 68.1 Å². The van der Waals surface area contributed by atoms with Gasteiger partial charge in [0.25, 0.3) is 0 Å². The number of hydrogen-bond donors (Lipinski definition) is 1. The Hall–Kier alpha value is -2.04. The Labute approximate surface area is 93.3 Å². The molecule has 0 atom stereocenters. The van der Waals surface area contributed by atoms with Crippen molar-refractivity contribution in [3.05, 3.63) is 29.8 Å². The van der Waals surface area contributed by atoms with Gasteiger partial charge >= 0.3 is 5.97 Å². The third-order valence-electron chi connectivity index (χ3n) is 2.01. The largest absolute Gasteiger partial charge is 0.482 e. The highest BCUT2D eigenvalue weighted by Gasteiger charge is 2.02. The fourth-order valence-electron chi connectivity index (χ4n) is 1.05. The molecule has 0 aliphatic heterocycles. The van der Waals surface area contributed by atoms with Gasteiger partial charge in [-0.15, -0.1) is 0 Å². The number of carbonyl (C=O) groups excluding carboxylic acids is 1. The number of methoxy groups -OCH3 is 1. The van der Waals surface area contributed by atoms with Crippen molar-refractivity contribution in [2.45, 2.75) is 6.92 Å². The van der Waals surface area contributed by atoms with Crippen molar-refractivity contribution >= 4 is 11.7 Å². The molecule has 0 bridgehead atoms. The molecule has 0 saturated heterocycles. The van der Waals surface area contributed by atoms with Crippen LogP contribution in [0.3, 0.4) is 0 Å². The molecule has 0 aliphatic carbocycles. The van der Waals surface area contributed by atoms with Gasteiger partial charge in [0, 0.05) is 0 Å². The lowest BCUT2D eigenvalue weighted by Gasteiger charge is -2.05. The number of hydrogen-bond acceptors (Lipinski definition) is 5. The SMILES string of the molecule is COC(=O)COc1ccc(/C(C)=N\O)cc1. The minimum atomic E-state index is -0.433. The van der Waals surface area contributed by atoms with Crippen LogP contribution in [-0.4, -0.2) is 30.6 Å². The highest BCUT2D eigenvalue weighted by molar-refractivity contribution is 5.98. The van der Waals surface area contributed by atoms with E-state index in [1.807, 2.05) is 0 Å². The van der Waals surface area contributed by atoms with E-state index in [1.54, 1.807) is 31.2 Å². The molecule has 86 valence electrons. The molecular formula is C11H13NO4. The summed E-state index contributed by atoms with van der Waals surface area (Å²) in [6.45, 7) is 1.56. The molecule has 5 nitrogen and oxygen atoms in total. The summed E-state index contributed by atoms with van der Waals surface area (Å²) < 4.78 is 9.59. The fraction of sp³-hybridized carbons (Fsp3) is 0.273. The molecule has 0 radical (unpaired) electrons. The van der Waals surface area contributed by atoms with Gasteiger partial charge in [-0.1, -0.05) is 5.16 Å². The first-order chi connectivity index (χ1) is 7.67. The maximum Gasteiger partial charge on any atom is 0.343 e. The molecule has 1 aromatic carbocycles. The van der Waals surface area contributed by atoms with Gasteiger partial charge in [0.15, 0.2) is 6.61 Å². The first-order valence-electron chi connectivity index (χ1n) is 4.66. The van der Waals surface area contributed by atoms with E-state index in [4.69, 9.17) is 9.94 Å². The lowest BCUT2D eigenvalue weighted by atomic mass is 10.1. The van der Waals surface area contributed by atoms with E-state index in [9.17, 15) is 4.79 Å². The van der Waals surface area contributed by atoms with Crippen LogP contribution >= 0.6 is 0 Å². The standard InChI is InChI=1S/C11H13NO4/c1-8(12-14)9-3-5-10(6-4-9)16-7-11(13)15-2/h3-6,14H,7H2,1-2H3/b12-8-. The van der Waals surface area contributed by atoms with Crippen LogP contribution in [0.4, 0.5) is 0 Å². The second-order valence-electron chi connectivity index (χ2n) is 3.07. The van der Waals surface area contributed by atoms with E-state index in [-0.39, 0.29) is 6.61 Å². The van der Waals surface area contributed by atoms with Gasteiger partial charge in [-0.3, -0.25) is 0 Å². The Morgan fingerprint density at radius 2 is 2.00 bits per heavy atom. The normalized spacial score (nSPS) is 11.0. The quantitative estimate of drug-likeness (QED) is 0.363. The van der Waals surface area contributed by atoms with Gasteiger partial charge in [0.1, 0.15) is 5.75 Å². The summed E-state index contributed by atoms with van der Waals surface area (Å²) in [6.07, 6.45) is 0. The van der Waals surface area contributed by atoms with Crippen molar-refractivity contribution in [1.82, 2.24) is 0 Å². The number of ether oxygens (including phenoxy) is 2. The summed E-state index contributed by atoms with van der Waals surface area (Å²) in [5.74, 6) is 0.122. The molecule has 1 rings (SSSR count). The number of carbonyl (C=O) groups is 1. The van der Waals surface area contributed by atoms with Gasteiger partial charge in [0.05, 0.1) is 12.8 Å². The van der Waals surface area contributed by atoms with Crippen LogP contribution in [0.25, 0.3) is 0 Å². The summed E-state index contributed by atoms with van der Waals surface area (Å²) in [5.41, 5.74) is 1.30. The van der Waals surface area contributed by atoms with Crippen LogP contribution in [0, 0.1) is 0 Å². The van der Waals surface area contributed by atoms with Gasteiger partial charge < -0.3 is 14.7 Å². The highest BCUT2D eigenvalue weighted by Crippen LogP contribution is 2.12. The van der Waals surface area contributed by atoms with Crippen LogP contribution in [0.15, 0.2) is 29.4 Å². The first-order valence-corrected chi connectivity index (χ1v) is 4.66. The molecule has 16 heavy (non-hydrogen) atoms. The van der Waals surface area contributed by atoms with E-state index in [1.165, 1.54) is 7.11 Å². The van der Waals surface area contributed by atoms with Crippen LogP contribution in [-0.2, 0) is 9.53 Å². The zero-order chi connectivity index (χ0) is 12.0. The second-order valence-corrected chi connectivity index (χ2v) is 3.07. The van der Waals surface area contributed by atoms with E-state index < -0.39 is 5.97 Å². The summed E-state index contributed by atoms with van der Waals surface area (Å²) in [6, 6.07) is 6.85. The Kier molecular flexibility index (Phi) is 4.32. The minimum Gasteiger partial charge on any atom is -0.482 e. The Morgan fingerprint density at radius 3 is 2.50 bits per heavy atom. The smallest absolute Gasteiger partial charge is 0.343 e. The summed E-state index contributed by atoms with van der Waals surface area (Å²) >= 11 is 0. The van der Waals surface area contributed by atoms with Crippen LogP contribution < -0.4 is 4.74 Å². The molecule has 0 aliphatic rings. The third-order valence-corrected chi connectivity index (χ3v) is 2.01. The summed E-state index contributed by atoms with van der Waals surface area (Å²) in [7, 11) is 1.30. The lowest BCUT2D eigenvalue weighted by molar-refractivity contribution is -0.142. The molecule has 0 spiro atoms. The molecule has 0 fully saturated rings. The van der Waals surface area contributed by atoms with E-state index in [0.717, 1.165) is 5.56 Å². The molecule has 5 heteroatoms. The van der Waals surface area contributed by atoms with Gasteiger partial charge in [-0.2, -0.15) is 0 Å². The van der Waals surface area contributed by atoms with E-state index in [0.29, 0.717) is 11.5 Å². The molecule has 0 aromatic heterocycles. The summed E-state index contributed by atoms with van der Waals surface area (Å²) in [4.78, 5) is 10.8. The highest BCUT2D eigenvalue weighted by atomic mass is 16.6. The van der Waals surface area contributed by atoms with Crippen molar-refractivity contribution in [2.24, 2.45) is 5.16 Å². The van der Waals surface area contributed by atoms with Crippen LogP contribution in [0.2, 0.25) is 0 Å². The van der Waals surface area contributed by atoms with Gasteiger partial charge in [0.2, 0.25) is 0 Å². The van der Waals surface area contributed by atoms with Crippen molar-refractivity contribution in [2.75, 3.05) is 13.7 Å². The second kappa shape index (κ2) is 5.75. The number of oxime groups is 1. The molecule has 0 heterocycles. The summed E-state index contributed by atoms with van der Waals surface area (Å²) in [5, 5.41) is 11.6. The zero-order valence-electron chi connectivity index (χ0n) is 9.14. The molecule has 1 aromatic rings. The van der Waals surface area contributed by atoms with Crippen LogP contribution in [0.1, 0.15) is 12.5 Å². The monoisotopic (exact) mass is 223 g/mol. The van der Waals surface area contributed by atoms with Crippen molar-refractivity contribution in [3.63, 3.8) is 0 Å². The first kappa shape index (κ1) is 12.0. The molecule has 0 saturated carbocycles. The van der Waals surface area contributed by atoms with Crippen molar-refractivity contribution < 1.29 is 19.5 Å². The average Bonchev–Trinajstić information content (AvgIpc) is 2.35. The minimum absolute atomic E-state index is 0.122. The maximum atomic E-state index is 10.8. The number of rotatable bonds is 4. The predicted octanol–water partition coefficient (Wildman–Crippen LogP) is 1.44. The Morgan fingerprint density at radius 1 is 1.38 bits per heavy atom. The average molecular weight is 223 g/mol. The lowest BCUT2D eigenvalue weighted by Crippen LogP contribution is -2.12. The Bertz CT molecular complexity index is 383. The van der Waals surface area contributed by atoms with Crippen LogP contribution in [0.5, 0.6) is 5.75 Å². The molecule has 0 unspecified atom stereocenters. The van der Waals surface area contributed by atoms with Gasteiger partial charge in [-0.25, -0.2) is 4.79 Å². The molecule has 1 N–H and O–H groups in total.